The topological polar surface area (TPSA) is 32.3 Å². The zero-order valence-corrected chi connectivity index (χ0v) is 10.1. The number of nitrogens with one attached hydrogen (secondary N) is 1. The van der Waals surface area contributed by atoms with E-state index in [4.69, 9.17) is 7.05 Å². The van der Waals surface area contributed by atoms with Gasteiger partial charge in [0.05, 0.1) is 0 Å². The van der Waals surface area contributed by atoms with Crippen molar-refractivity contribution in [3.8, 4) is 0 Å². The minimum absolute atomic E-state index is 0.481. The molecule has 0 bridgehead atoms. The van der Waals surface area contributed by atoms with Crippen LogP contribution in [-0.2, 0) is 0 Å². The molecule has 89 valence electrons. The summed E-state index contributed by atoms with van der Waals surface area (Å²) in [6.45, 7) is 1.96. The predicted octanol–water partition coefficient (Wildman–Crippen LogP) is 3.58. The first-order chi connectivity index (χ1) is 8.66. The number of carbonyl (C=O) groups is 1. The molecule has 3 heteroatoms. The van der Waals surface area contributed by atoms with Crippen LogP contribution in [0.3, 0.4) is 0 Å². The second-order valence-electron chi connectivity index (χ2n) is 3.97. The maximum Gasteiger partial charge on any atom is 0.327 e. The van der Waals surface area contributed by atoms with Crippen LogP contribution in [0.4, 0.5) is 16.2 Å². The second-order valence-corrected chi connectivity index (χ2v) is 3.97. The highest BCUT2D eigenvalue weighted by molar-refractivity contribution is 6.01. The minimum atomic E-state index is -0.481. The number of benzene rings is 2. The maximum atomic E-state index is 11.8. The average molecular weight is 237 g/mol. The summed E-state index contributed by atoms with van der Waals surface area (Å²) in [4.78, 5) is 12.7. The van der Waals surface area contributed by atoms with Gasteiger partial charge in [-0.25, -0.2) is 4.79 Å². The Bertz CT molecular complexity index is 520. The standard InChI is InChI=1S/C15H13N2O/c1-12-8-10-14(11-9-12)17(2)15(18)16-13-6-4-3-5-7-13/h3-11H,1H3,(H,16,18). The Balaban J connectivity index is 2.07. The molecule has 2 rings (SSSR count). The average Bonchev–Trinajstić information content (AvgIpc) is 2.40. The molecule has 0 aliphatic heterocycles. The van der Waals surface area contributed by atoms with Gasteiger partial charge in [-0.1, -0.05) is 35.9 Å². The fourth-order valence-electron chi connectivity index (χ4n) is 1.51. The molecule has 0 atom stereocenters. The molecule has 3 nitrogen and oxygen atoms in total. The Kier molecular flexibility index (Phi) is 3.63. The molecule has 0 saturated carbocycles. The Labute approximate surface area is 107 Å². The van der Waals surface area contributed by atoms with Gasteiger partial charge in [-0.3, -0.25) is 4.90 Å². The number of rotatable bonds is 2. The summed E-state index contributed by atoms with van der Waals surface area (Å²) in [5, 5.41) is 2.65. The van der Waals surface area contributed by atoms with E-state index in [9.17, 15) is 4.79 Å². The summed E-state index contributed by atoms with van der Waals surface area (Å²) in [5.74, 6) is 0. The minimum Gasteiger partial charge on any atom is -0.308 e. The SMILES string of the molecule is [C]N(C(=O)Nc1ccccc1)c1ccc(C)cc1. The number of amides is 2. The highest BCUT2D eigenvalue weighted by atomic mass is 16.2. The van der Waals surface area contributed by atoms with Crippen molar-refractivity contribution in [3.63, 3.8) is 0 Å². The number of urea groups is 1. The van der Waals surface area contributed by atoms with Crippen molar-refractivity contribution in [2.75, 3.05) is 10.2 Å². The fourth-order valence-corrected chi connectivity index (χ4v) is 1.51. The lowest BCUT2D eigenvalue weighted by Gasteiger charge is -2.17. The van der Waals surface area contributed by atoms with Crippen LogP contribution >= 0.6 is 0 Å². The van der Waals surface area contributed by atoms with Gasteiger partial charge in [0, 0.05) is 11.4 Å². The number of para-hydroxylation sites is 1. The van der Waals surface area contributed by atoms with Crippen molar-refractivity contribution in [1.82, 2.24) is 0 Å². The molecule has 0 aliphatic carbocycles. The third-order valence-electron chi connectivity index (χ3n) is 2.52. The van der Waals surface area contributed by atoms with Crippen molar-refractivity contribution in [2.45, 2.75) is 6.92 Å². The zero-order valence-electron chi connectivity index (χ0n) is 10.1. The number of anilines is 2. The highest BCUT2D eigenvalue weighted by Gasteiger charge is 2.11. The van der Waals surface area contributed by atoms with Crippen molar-refractivity contribution < 1.29 is 4.79 Å². The summed E-state index contributed by atoms with van der Waals surface area (Å²) in [6.07, 6.45) is 0. The van der Waals surface area contributed by atoms with Gasteiger partial charge in [0.15, 0.2) is 0 Å². The van der Waals surface area contributed by atoms with Gasteiger partial charge in [0.1, 0.15) is 7.05 Å². The van der Waals surface area contributed by atoms with Gasteiger partial charge in [0.25, 0.3) is 0 Å². The molecule has 2 aromatic carbocycles. The molecule has 0 aliphatic rings. The van der Waals surface area contributed by atoms with Crippen molar-refractivity contribution in [2.24, 2.45) is 0 Å². The number of aryl methyl sites for hydroxylation is 1. The van der Waals surface area contributed by atoms with E-state index in [2.05, 4.69) is 5.32 Å². The normalized spacial score (nSPS) is 9.89. The third-order valence-corrected chi connectivity index (χ3v) is 2.52. The Morgan fingerprint density at radius 1 is 1.06 bits per heavy atom. The first-order valence-electron chi connectivity index (χ1n) is 5.61. The molecule has 0 unspecified atom stereocenters. The maximum absolute atomic E-state index is 11.8. The van der Waals surface area contributed by atoms with Crippen LogP contribution in [0.1, 0.15) is 5.56 Å². The molecule has 3 radical (unpaired) electrons. The van der Waals surface area contributed by atoms with Gasteiger partial charge < -0.3 is 5.32 Å². The molecular formula is C15H13N2O. The van der Waals surface area contributed by atoms with Gasteiger partial charge in [-0.2, -0.15) is 0 Å². The van der Waals surface area contributed by atoms with Crippen LogP contribution in [0, 0.1) is 14.0 Å². The van der Waals surface area contributed by atoms with Gasteiger partial charge >= 0.3 is 6.03 Å². The summed E-state index contributed by atoms with van der Waals surface area (Å²) in [6, 6.07) is 15.8. The smallest absolute Gasteiger partial charge is 0.308 e. The Morgan fingerprint density at radius 2 is 1.67 bits per heavy atom. The lowest BCUT2D eigenvalue weighted by molar-refractivity contribution is 0.258. The van der Waals surface area contributed by atoms with Crippen LogP contribution in [0.2, 0.25) is 0 Å². The van der Waals surface area contributed by atoms with Gasteiger partial charge in [-0.05, 0) is 31.2 Å². The third kappa shape index (κ3) is 2.88. The Hall–Kier alpha value is -2.29. The molecule has 0 heterocycles. The largest absolute Gasteiger partial charge is 0.327 e. The fraction of sp³-hybridized carbons (Fsp3) is 0.0667. The molecule has 2 aromatic rings. The number of hydrogen-bond acceptors (Lipinski definition) is 1. The summed E-state index contributed by atoms with van der Waals surface area (Å²) in [7, 11) is 7.76. The van der Waals surface area contributed by atoms with E-state index in [1.165, 1.54) is 0 Å². The number of nitrogens with zero attached hydrogens (tertiary/aromatic N) is 1. The lowest BCUT2D eigenvalue weighted by atomic mass is 10.2. The highest BCUT2D eigenvalue weighted by Crippen LogP contribution is 2.15. The monoisotopic (exact) mass is 237 g/mol. The molecule has 0 fully saturated rings. The molecular weight excluding hydrogens is 224 g/mol. The molecule has 1 N–H and O–H groups in total. The van der Waals surface area contributed by atoms with Crippen LogP contribution < -0.4 is 10.2 Å². The Morgan fingerprint density at radius 3 is 2.28 bits per heavy atom. The predicted molar refractivity (Wildman–Crippen MR) is 72.4 cm³/mol. The van der Waals surface area contributed by atoms with Crippen molar-refractivity contribution in [3.05, 3.63) is 67.2 Å². The summed E-state index contributed by atoms with van der Waals surface area (Å²) < 4.78 is 0. The van der Waals surface area contributed by atoms with E-state index in [0.29, 0.717) is 11.4 Å². The van der Waals surface area contributed by atoms with Crippen molar-refractivity contribution in [1.29, 1.82) is 0 Å². The van der Waals surface area contributed by atoms with E-state index in [-0.39, 0.29) is 0 Å². The van der Waals surface area contributed by atoms with Crippen molar-refractivity contribution >= 4 is 17.4 Å². The van der Waals surface area contributed by atoms with Crippen LogP contribution in [-0.4, -0.2) is 6.03 Å². The molecule has 0 aromatic heterocycles. The van der Waals surface area contributed by atoms with E-state index < -0.39 is 6.03 Å². The first kappa shape index (κ1) is 12.2. The first-order valence-corrected chi connectivity index (χ1v) is 5.61. The van der Waals surface area contributed by atoms with Crippen LogP contribution in [0.25, 0.3) is 0 Å². The van der Waals surface area contributed by atoms with E-state index in [1.807, 2.05) is 37.3 Å². The molecule has 2 amide bonds. The van der Waals surface area contributed by atoms with Crippen LogP contribution in [0.15, 0.2) is 54.6 Å². The molecule has 0 spiro atoms. The zero-order chi connectivity index (χ0) is 13.0. The lowest BCUT2D eigenvalue weighted by Crippen LogP contribution is -2.29. The number of hydrogen-bond donors (Lipinski definition) is 1. The van der Waals surface area contributed by atoms with E-state index in [0.717, 1.165) is 10.5 Å². The number of carbonyl (C=O) groups excluding carboxylic acids is 1. The second kappa shape index (κ2) is 5.36. The van der Waals surface area contributed by atoms with E-state index in [1.54, 1.807) is 24.3 Å². The summed E-state index contributed by atoms with van der Waals surface area (Å²) >= 11 is 0. The van der Waals surface area contributed by atoms with Gasteiger partial charge in [-0.15, -0.1) is 0 Å². The van der Waals surface area contributed by atoms with Crippen LogP contribution in [0.5, 0.6) is 0 Å². The molecule has 18 heavy (non-hydrogen) atoms. The van der Waals surface area contributed by atoms with Gasteiger partial charge in [0.2, 0.25) is 0 Å². The molecule has 0 saturated heterocycles. The summed E-state index contributed by atoms with van der Waals surface area (Å²) in [5.41, 5.74) is 2.30. The quantitative estimate of drug-likeness (QED) is 0.850. The van der Waals surface area contributed by atoms with E-state index >= 15 is 0 Å².